The fourth-order valence-corrected chi connectivity index (χ4v) is 4.23. The number of hydrogen-bond acceptors (Lipinski definition) is 5. The molecule has 0 radical (unpaired) electrons. The maximum atomic E-state index is 13.4. The minimum Gasteiger partial charge on any atom is -0.497 e. The van der Waals surface area contributed by atoms with E-state index in [2.05, 4.69) is 10.3 Å². The van der Waals surface area contributed by atoms with Crippen molar-refractivity contribution in [2.75, 3.05) is 7.11 Å². The third kappa shape index (κ3) is 4.24. The van der Waals surface area contributed by atoms with Crippen molar-refractivity contribution < 1.29 is 9.53 Å². The molecule has 3 heterocycles. The number of nitrogens with one attached hydrogen (secondary N) is 2. The summed E-state index contributed by atoms with van der Waals surface area (Å²) in [7, 11) is 1.60. The summed E-state index contributed by atoms with van der Waals surface area (Å²) < 4.78 is 8.30. The quantitative estimate of drug-likeness (QED) is 0.363. The first-order valence-electron chi connectivity index (χ1n) is 11.5. The van der Waals surface area contributed by atoms with Crippen molar-refractivity contribution in [2.45, 2.75) is 19.5 Å². The fraction of sp³-hybridized carbons (Fsp3) is 0.143. The van der Waals surface area contributed by atoms with E-state index in [1.54, 1.807) is 36.1 Å². The predicted molar refractivity (Wildman–Crippen MR) is 137 cm³/mol. The maximum Gasteiger partial charge on any atom is 0.267 e. The van der Waals surface area contributed by atoms with Crippen LogP contribution in [0.15, 0.2) is 89.9 Å². The molecule has 0 bridgehead atoms. The highest BCUT2D eigenvalue weighted by Gasteiger charge is 2.19. The van der Waals surface area contributed by atoms with E-state index in [4.69, 9.17) is 10.1 Å². The van der Waals surface area contributed by atoms with Crippen LogP contribution in [0.25, 0.3) is 16.7 Å². The zero-order valence-corrected chi connectivity index (χ0v) is 19.9. The second-order valence-corrected chi connectivity index (χ2v) is 8.53. The molecule has 0 saturated heterocycles. The fourth-order valence-electron chi connectivity index (χ4n) is 4.23. The number of rotatable bonds is 6. The molecule has 0 spiro atoms. The van der Waals surface area contributed by atoms with Crippen LogP contribution in [0.1, 0.15) is 34.5 Å². The monoisotopic (exact) mass is 479 g/mol. The Balaban J connectivity index is 1.67. The highest BCUT2D eigenvalue weighted by atomic mass is 16.5. The van der Waals surface area contributed by atoms with Crippen molar-refractivity contribution in [3.63, 3.8) is 0 Å². The molecule has 8 nitrogen and oxygen atoms in total. The number of carbonyl (C=O) groups is 1. The molecular weight excluding hydrogens is 454 g/mol. The summed E-state index contributed by atoms with van der Waals surface area (Å²) in [5, 5.41) is 12.2. The lowest BCUT2D eigenvalue weighted by atomic mass is 10.1. The number of fused-ring (bicyclic) bond motifs is 2. The lowest BCUT2D eigenvalue weighted by molar-refractivity contribution is 0.0937. The van der Waals surface area contributed by atoms with Crippen LogP contribution in [0, 0.1) is 5.41 Å². The largest absolute Gasteiger partial charge is 0.497 e. The number of pyridine rings is 2. The third-order valence-electron chi connectivity index (χ3n) is 6.21. The number of aromatic nitrogens is 3. The minimum atomic E-state index is -0.431. The van der Waals surface area contributed by atoms with Gasteiger partial charge in [0.25, 0.3) is 11.5 Å². The van der Waals surface area contributed by atoms with Gasteiger partial charge in [0.15, 0.2) is 0 Å². The van der Waals surface area contributed by atoms with Crippen molar-refractivity contribution in [3.05, 3.63) is 118 Å². The molecule has 0 fully saturated rings. The number of ether oxygens (including phenoxy) is 1. The van der Waals surface area contributed by atoms with E-state index in [0.717, 1.165) is 11.1 Å². The van der Waals surface area contributed by atoms with Gasteiger partial charge in [-0.15, -0.1) is 0 Å². The molecule has 3 aromatic heterocycles. The van der Waals surface area contributed by atoms with Crippen molar-refractivity contribution in [2.24, 2.45) is 0 Å². The molecule has 8 heteroatoms. The molecule has 0 aliphatic heterocycles. The summed E-state index contributed by atoms with van der Waals surface area (Å²) in [5.41, 5.74) is 2.41. The maximum absolute atomic E-state index is 13.4. The highest BCUT2D eigenvalue weighted by Crippen LogP contribution is 2.16. The first-order valence-corrected chi connectivity index (χ1v) is 11.5. The first kappa shape index (κ1) is 23.0. The topological polar surface area (TPSA) is 101 Å². The Bertz CT molecular complexity index is 1690. The molecule has 5 rings (SSSR count). The van der Waals surface area contributed by atoms with Gasteiger partial charge >= 0.3 is 0 Å². The Morgan fingerprint density at radius 2 is 1.78 bits per heavy atom. The molecule has 2 N–H and O–H groups in total. The lowest BCUT2D eigenvalue weighted by Crippen LogP contribution is -2.36. The van der Waals surface area contributed by atoms with Crippen LogP contribution in [0.3, 0.4) is 0 Å². The van der Waals surface area contributed by atoms with Crippen LogP contribution in [-0.4, -0.2) is 27.0 Å². The second kappa shape index (κ2) is 9.50. The average molecular weight is 480 g/mol. The van der Waals surface area contributed by atoms with Crippen LogP contribution >= 0.6 is 0 Å². The molecule has 0 unspecified atom stereocenters. The van der Waals surface area contributed by atoms with Gasteiger partial charge in [0.2, 0.25) is 0 Å². The SMILES string of the molecule is COc1ccc(Cn2c(=N)c(C(=O)N[C@@H](C)c3ccccc3)cc3c(=O)n4ccccc4nc32)cc1. The highest BCUT2D eigenvalue weighted by molar-refractivity contribution is 5.97. The molecule has 5 aromatic rings. The number of nitrogens with zero attached hydrogens (tertiary/aromatic N) is 3. The molecule has 2 aromatic carbocycles. The van der Waals surface area contributed by atoms with Crippen LogP contribution in [-0.2, 0) is 6.54 Å². The molecule has 0 saturated carbocycles. The van der Waals surface area contributed by atoms with Crippen molar-refractivity contribution in [1.82, 2.24) is 19.3 Å². The van der Waals surface area contributed by atoms with Gasteiger partial charge in [-0.05, 0) is 48.4 Å². The molecular formula is C28H25N5O3. The van der Waals surface area contributed by atoms with Gasteiger partial charge in [0.1, 0.15) is 22.5 Å². The average Bonchev–Trinajstić information content (AvgIpc) is 2.91. The first-order chi connectivity index (χ1) is 17.5. The van der Waals surface area contributed by atoms with E-state index in [-0.39, 0.29) is 34.6 Å². The number of amides is 1. The number of carbonyl (C=O) groups excluding carboxylic acids is 1. The molecule has 36 heavy (non-hydrogen) atoms. The Labute approximate surface area is 207 Å². The molecule has 1 atom stereocenters. The number of benzene rings is 2. The summed E-state index contributed by atoms with van der Waals surface area (Å²) in [6.45, 7) is 2.14. The van der Waals surface area contributed by atoms with E-state index in [1.165, 1.54) is 10.5 Å². The third-order valence-corrected chi connectivity index (χ3v) is 6.21. The van der Waals surface area contributed by atoms with Crippen molar-refractivity contribution in [1.29, 1.82) is 5.41 Å². The number of hydrogen-bond donors (Lipinski definition) is 2. The van der Waals surface area contributed by atoms with Gasteiger partial charge in [-0.1, -0.05) is 48.5 Å². The van der Waals surface area contributed by atoms with E-state index in [9.17, 15) is 9.59 Å². The Morgan fingerprint density at radius 3 is 2.50 bits per heavy atom. The van der Waals surface area contributed by atoms with Crippen LogP contribution in [0.2, 0.25) is 0 Å². The van der Waals surface area contributed by atoms with Crippen molar-refractivity contribution in [3.8, 4) is 5.75 Å². The van der Waals surface area contributed by atoms with Crippen LogP contribution in [0.5, 0.6) is 5.75 Å². The zero-order valence-electron chi connectivity index (χ0n) is 19.9. The van der Waals surface area contributed by atoms with Crippen molar-refractivity contribution >= 4 is 22.6 Å². The molecule has 0 aliphatic rings. The van der Waals surface area contributed by atoms with Gasteiger partial charge in [0.05, 0.1) is 30.6 Å². The van der Waals surface area contributed by atoms with Gasteiger partial charge in [-0.3, -0.25) is 19.4 Å². The summed E-state index contributed by atoms with van der Waals surface area (Å²) in [4.78, 5) is 31.5. The smallest absolute Gasteiger partial charge is 0.267 e. The van der Waals surface area contributed by atoms with E-state index in [1.807, 2.05) is 61.5 Å². The minimum absolute atomic E-state index is 0.0248. The number of methoxy groups -OCH3 is 1. The summed E-state index contributed by atoms with van der Waals surface area (Å²) >= 11 is 0. The summed E-state index contributed by atoms with van der Waals surface area (Å²) in [6, 6.07) is 23.5. The van der Waals surface area contributed by atoms with Crippen LogP contribution in [0.4, 0.5) is 0 Å². The normalized spacial score (nSPS) is 11.9. The van der Waals surface area contributed by atoms with Gasteiger partial charge in [-0.2, -0.15) is 0 Å². The zero-order chi connectivity index (χ0) is 25.2. The van der Waals surface area contributed by atoms with Gasteiger partial charge in [0, 0.05) is 6.20 Å². The predicted octanol–water partition coefficient (Wildman–Crippen LogP) is 3.68. The Kier molecular flexibility index (Phi) is 6.08. The summed E-state index contributed by atoms with van der Waals surface area (Å²) in [5.74, 6) is 0.282. The molecule has 0 aliphatic carbocycles. The van der Waals surface area contributed by atoms with Crippen LogP contribution < -0.4 is 21.1 Å². The van der Waals surface area contributed by atoms with Gasteiger partial charge in [-0.25, -0.2) is 4.98 Å². The molecule has 180 valence electrons. The van der Waals surface area contributed by atoms with E-state index in [0.29, 0.717) is 17.0 Å². The lowest BCUT2D eigenvalue weighted by Gasteiger charge is -2.17. The van der Waals surface area contributed by atoms with E-state index >= 15 is 0 Å². The Morgan fingerprint density at radius 1 is 1.06 bits per heavy atom. The van der Waals surface area contributed by atoms with Gasteiger partial charge < -0.3 is 14.6 Å². The standard InChI is InChI=1S/C28H25N5O3/c1-18(20-8-4-3-5-9-20)30-27(34)22-16-23-26(31-24-10-6-7-15-32(24)28(23)35)33(25(22)29)17-19-11-13-21(36-2)14-12-19/h3-16,18,29H,17H2,1-2H3,(H,30,34)/t18-/m0/s1. The van der Waals surface area contributed by atoms with E-state index < -0.39 is 5.91 Å². The second-order valence-electron chi connectivity index (χ2n) is 8.53. The Hall–Kier alpha value is -4.72. The summed E-state index contributed by atoms with van der Waals surface area (Å²) in [6.07, 6.45) is 1.64. The molecule has 1 amide bonds.